The number of hydrogen-bond donors (Lipinski definition) is 0. The van der Waals surface area contributed by atoms with E-state index in [0.717, 1.165) is 82.7 Å². The molecule has 0 unspecified atom stereocenters. The molecule has 4 heterocycles. The minimum atomic E-state index is 0.549. The van der Waals surface area contributed by atoms with Gasteiger partial charge in [-0.1, -0.05) is 127 Å². The van der Waals surface area contributed by atoms with Gasteiger partial charge in [-0.05, 0) is 76.9 Å². The molecule has 0 atom stereocenters. The van der Waals surface area contributed by atoms with Gasteiger partial charge < -0.3 is 4.57 Å². The van der Waals surface area contributed by atoms with Gasteiger partial charge in [-0.3, -0.25) is 9.55 Å². The molecule has 6 nitrogen and oxygen atoms in total. The Morgan fingerprint density at radius 2 is 0.821 bits per heavy atom. The third-order valence-corrected chi connectivity index (χ3v) is 10.7. The number of pyridine rings is 1. The second-order valence-electron chi connectivity index (χ2n) is 13.9. The molecule has 0 bridgehead atoms. The second kappa shape index (κ2) is 13.0. The van der Waals surface area contributed by atoms with E-state index in [-0.39, 0.29) is 0 Å². The largest absolute Gasteiger partial charge is 0.307 e. The van der Waals surface area contributed by atoms with Crippen LogP contribution in [0, 0.1) is 0 Å². The Morgan fingerprint density at radius 3 is 1.45 bits per heavy atom. The van der Waals surface area contributed by atoms with Gasteiger partial charge in [0.05, 0.1) is 34.0 Å². The Morgan fingerprint density at radius 1 is 0.339 bits per heavy atom. The highest BCUT2D eigenvalue weighted by Crippen LogP contribution is 2.38. The highest BCUT2D eigenvalue weighted by atomic mass is 15.2. The van der Waals surface area contributed by atoms with E-state index in [1.807, 2.05) is 24.5 Å². The summed E-state index contributed by atoms with van der Waals surface area (Å²) in [5.41, 5.74) is 11.3. The molecule has 0 aliphatic carbocycles. The summed E-state index contributed by atoms with van der Waals surface area (Å²) in [5.74, 6) is 1.71. The number of aromatic nitrogens is 6. The smallest absolute Gasteiger partial charge is 0.238 e. The predicted molar refractivity (Wildman–Crippen MR) is 228 cm³/mol. The lowest BCUT2D eigenvalue weighted by atomic mass is 9.96. The van der Waals surface area contributed by atoms with Crippen LogP contribution in [0.15, 0.2) is 194 Å². The zero-order chi connectivity index (χ0) is 37.0. The lowest BCUT2D eigenvalue weighted by Gasteiger charge is -2.16. The highest BCUT2D eigenvalue weighted by Gasteiger charge is 2.21. The van der Waals surface area contributed by atoms with E-state index >= 15 is 0 Å². The van der Waals surface area contributed by atoms with E-state index < -0.39 is 0 Å². The topological polar surface area (TPSA) is 61.4 Å². The van der Waals surface area contributed by atoms with Crippen molar-refractivity contribution < 1.29 is 0 Å². The molecule has 4 aromatic heterocycles. The summed E-state index contributed by atoms with van der Waals surface area (Å²) in [6.45, 7) is 0. The third-order valence-electron chi connectivity index (χ3n) is 10.7. The van der Waals surface area contributed by atoms with E-state index in [1.54, 1.807) is 0 Å². The van der Waals surface area contributed by atoms with E-state index in [1.165, 1.54) is 0 Å². The third kappa shape index (κ3) is 5.19. The molecule has 56 heavy (non-hydrogen) atoms. The summed E-state index contributed by atoms with van der Waals surface area (Å²) in [6.07, 6.45) is 3.79. The zero-order valence-corrected chi connectivity index (χ0v) is 30.2. The van der Waals surface area contributed by atoms with Gasteiger partial charge >= 0.3 is 0 Å². The number of rotatable bonds is 6. The predicted octanol–water partition coefficient (Wildman–Crippen LogP) is 12.1. The molecule has 0 N–H and O–H groups in total. The van der Waals surface area contributed by atoms with Crippen molar-refractivity contribution in [3.05, 3.63) is 194 Å². The van der Waals surface area contributed by atoms with Gasteiger partial charge in [0.25, 0.3) is 0 Å². The number of para-hydroxylation sites is 4. The summed E-state index contributed by atoms with van der Waals surface area (Å²) < 4.78 is 4.45. The van der Waals surface area contributed by atoms with E-state index in [4.69, 9.17) is 15.0 Å². The molecular formula is C50H32N6. The summed E-state index contributed by atoms with van der Waals surface area (Å²) in [6, 6.07) is 63.5. The Labute approximate surface area is 322 Å². The van der Waals surface area contributed by atoms with Crippen molar-refractivity contribution in [3.63, 3.8) is 0 Å². The summed E-state index contributed by atoms with van der Waals surface area (Å²) >= 11 is 0. The van der Waals surface area contributed by atoms with Crippen LogP contribution in [-0.2, 0) is 0 Å². The molecule has 11 aromatic rings. The van der Waals surface area contributed by atoms with Crippen LogP contribution < -0.4 is 0 Å². The standard InChI is InChI=1S/C50H32N6/c1-3-15-33(16-4-1)35-29-36(34-17-5-2-6-18-34)31-37(30-35)48-52-49(54-50(53-48)56-44-24-12-8-19-38(44)39-20-9-13-25-45(39)56)42-22-10-14-26-46(42)55-43-23-11-7-21-40(43)41-27-28-51-32-47(41)55/h1-32H. The Kier molecular flexibility index (Phi) is 7.38. The van der Waals surface area contributed by atoms with Crippen molar-refractivity contribution in [2.45, 2.75) is 0 Å². The molecule has 0 saturated heterocycles. The Balaban J connectivity index is 1.22. The minimum absolute atomic E-state index is 0.549. The molecule has 0 fully saturated rings. The van der Waals surface area contributed by atoms with Crippen molar-refractivity contribution >= 4 is 43.6 Å². The van der Waals surface area contributed by atoms with E-state index in [2.05, 4.69) is 184 Å². The molecule has 0 aliphatic heterocycles. The first kappa shape index (κ1) is 31.8. The van der Waals surface area contributed by atoms with Crippen LogP contribution in [0.1, 0.15) is 0 Å². The molecule has 0 spiro atoms. The van der Waals surface area contributed by atoms with Crippen molar-refractivity contribution in [2.75, 3.05) is 0 Å². The maximum absolute atomic E-state index is 5.38. The van der Waals surface area contributed by atoms with Gasteiger partial charge in [-0.25, -0.2) is 4.98 Å². The molecular weight excluding hydrogens is 685 g/mol. The van der Waals surface area contributed by atoms with Gasteiger partial charge in [-0.15, -0.1) is 0 Å². The minimum Gasteiger partial charge on any atom is -0.307 e. The maximum atomic E-state index is 5.38. The van der Waals surface area contributed by atoms with E-state index in [0.29, 0.717) is 17.6 Å². The van der Waals surface area contributed by atoms with Crippen LogP contribution in [0.3, 0.4) is 0 Å². The zero-order valence-electron chi connectivity index (χ0n) is 30.2. The molecule has 6 heteroatoms. The fourth-order valence-electron chi connectivity index (χ4n) is 8.14. The number of hydrogen-bond acceptors (Lipinski definition) is 4. The van der Waals surface area contributed by atoms with Crippen LogP contribution in [-0.4, -0.2) is 29.1 Å². The average Bonchev–Trinajstić information content (AvgIpc) is 3.80. The lowest BCUT2D eigenvalue weighted by molar-refractivity contribution is 0.951. The van der Waals surface area contributed by atoms with Crippen LogP contribution in [0.2, 0.25) is 0 Å². The highest BCUT2D eigenvalue weighted by molar-refractivity contribution is 6.10. The fraction of sp³-hybridized carbons (Fsp3) is 0. The van der Waals surface area contributed by atoms with Crippen molar-refractivity contribution in [1.82, 2.24) is 29.1 Å². The molecule has 0 aliphatic rings. The molecule has 0 saturated carbocycles. The molecule has 11 rings (SSSR count). The van der Waals surface area contributed by atoms with Gasteiger partial charge in [0.2, 0.25) is 5.95 Å². The monoisotopic (exact) mass is 716 g/mol. The SMILES string of the molecule is c1ccc(-c2cc(-c3ccccc3)cc(-c3nc(-c4ccccc4-n4c5ccccc5c5ccncc54)nc(-n4c5ccccc5c5ccccc54)n3)c2)cc1. The van der Waals surface area contributed by atoms with Crippen LogP contribution >= 0.6 is 0 Å². The fourth-order valence-corrected chi connectivity index (χ4v) is 8.14. The first-order chi connectivity index (χ1) is 27.8. The Bertz CT molecular complexity index is 3090. The van der Waals surface area contributed by atoms with Crippen molar-refractivity contribution in [1.29, 1.82) is 0 Å². The second-order valence-corrected chi connectivity index (χ2v) is 13.9. The van der Waals surface area contributed by atoms with Gasteiger partial charge in [0, 0.05) is 38.9 Å². The Hall–Kier alpha value is -7.70. The normalized spacial score (nSPS) is 11.6. The van der Waals surface area contributed by atoms with Gasteiger partial charge in [0.1, 0.15) is 0 Å². The average molecular weight is 717 g/mol. The quantitative estimate of drug-likeness (QED) is 0.172. The summed E-state index contributed by atoms with van der Waals surface area (Å²) in [4.78, 5) is 20.7. The molecule has 7 aromatic carbocycles. The molecule has 262 valence electrons. The van der Waals surface area contributed by atoms with Gasteiger partial charge in [0.15, 0.2) is 11.6 Å². The van der Waals surface area contributed by atoms with Crippen molar-refractivity contribution in [3.8, 4) is 56.7 Å². The van der Waals surface area contributed by atoms with Crippen LogP contribution in [0.4, 0.5) is 0 Å². The molecule has 0 amide bonds. The summed E-state index contributed by atoms with van der Waals surface area (Å²) in [5, 5.41) is 4.58. The first-order valence-electron chi connectivity index (χ1n) is 18.7. The van der Waals surface area contributed by atoms with Crippen LogP contribution in [0.5, 0.6) is 0 Å². The van der Waals surface area contributed by atoms with Gasteiger partial charge in [-0.2, -0.15) is 9.97 Å². The number of nitrogens with zero attached hydrogens (tertiary/aromatic N) is 6. The first-order valence-corrected chi connectivity index (χ1v) is 18.7. The van der Waals surface area contributed by atoms with E-state index in [9.17, 15) is 0 Å². The van der Waals surface area contributed by atoms with Crippen LogP contribution in [0.25, 0.3) is 100 Å². The van der Waals surface area contributed by atoms with Crippen molar-refractivity contribution in [2.24, 2.45) is 0 Å². The maximum Gasteiger partial charge on any atom is 0.238 e. The number of benzene rings is 7. The number of fused-ring (bicyclic) bond motifs is 6. The summed E-state index contributed by atoms with van der Waals surface area (Å²) in [7, 11) is 0. The molecule has 0 radical (unpaired) electrons. The lowest BCUT2D eigenvalue weighted by Crippen LogP contribution is -2.08.